The first-order valence-electron chi connectivity index (χ1n) is 7.19. The first kappa shape index (κ1) is 15.9. The van der Waals surface area contributed by atoms with Crippen molar-refractivity contribution in [2.45, 2.75) is 53.0 Å². The van der Waals surface area contributed by atoms with Crippen molar-refractivity contribution in [3.05, 3.63) is 0 Å². The van der Waals surface area contributed by atoms with Gasteiger partial charge in [0.25, 0.3) is 0 Å². The molecule has 1 fully saturated rings. The first-order chi connectivity index (χ1) is 8.29. The lowest BCUT2D eigenvalue weighted by atomic mass is 9.93. The Bertz CT molecular complexity index is 227. The Morgan fingerprint density at radius 2 is 1.72 bits per heavy atom. The van der Waals surface area contributed by atoms with E-state index in [1.54, 1.807) is 0 Å². The Hall–Kier alpha value is -0.120. The first-order valence-corrected chi connectivity index (χ1v) is 7.19. The van der Waals surface area contributed by atoms with E-state index >= 15 is 0 Å². The predicted molar refractivity (Wildman–Crippen MR) is 75.9 cm³/mol. The van der Waals surface area contributed by atoms with E-state index < -0.39 is 0 Å². The van der Waals surface area contributed by atoms with Crippen LogP contribution in [0.25, 0.3) is 0 Å². The zero-order chi connectivity index (χ0) is 13.6. The molecule has 0 amide bonds. The van der Waals surface area contributed by atoms with Gasteiger partial charge in [0.1, 0.15) is 0 Å². The molecule has 0 aromatic heterocycles. The number of hydrogen-bond acceptors (Lipinski definition) is 3. The highest BCUT2D eigenvalue weighted by atomic mass is 16.5. The van der Waals surface area contributed by atoms with E-state index in [-0.39, 0.29) is 11.0 Å². The van der Waals surface area contributed by atoms with Crippen LogP contribution in [0.2, 0.25) is 0 Å². The third-order valence-electron chi connectivity index (χ3n) is 3.28. The van der Waals surface area contributed by atoms with E-state index in [1.807, 2.05) is 0 Å². The van der Waals surface area contributed by atoms with Gasteiger partial charge in [0.2, 0.25) is 0 Å². The molecule has 1 heterocycles. The number of nitrogens with one attached hydrogen (secondary N) is 1. The van der Waals surface area contributed by atoms with Crippen LogP contribution in [0.3, 0.4) is 0 Å². The van der Waals surface area contributed by atoms with Crippen LogP contribution >= 0.6 is 0 Å². The molecular formula is C15H31NO2. The van der Waals surface area contributed by atoms with E-state index in [0.717, 1.165) is 45.8 Å². The fourth-order valence-electron chi connectivity index (χ4n) is 1.97. The molecule has 1 aliphatic heterocycles. The van der Waals surface area contributed by atoms with Crippen LogP contribution in [-0.2, 0) is 9.47 Å². The van der Waals surface area contributed by atoms with Gasteiger partial charge in [-0.1, -0.05) is 13.8 Å². The van der Waals surface area contributed by atoms with Crippen molar-refractivity contribution in [2.75, 3.05) is 33.0 Å². The molecule has 1 saturated heterocycles. The molecule has 0 aliphatic carbocycles. The lowest BCUT2D eigenvalue weighted by Gasteiger charge is -2.31. The average molecular weight is 257 g/mol. The Morgan fingerprint density at radius 1 is 1.11 bits per heavy atom. The standard InChI is InChI=1S/C15H31NO2/c1-14(2,3)16-11-15(4,5)12-18-10-13-6-8-17-9-7-13/h13,16H,6-12H2,1-5H3. The van der Waals surface area contributed by atoms with Gasteiger partial charge in [0.15, 0.2) is 0 Å². The van der Waals surface area contributed by atoms with Gasteiger partial charge in [-0.3, -0.25) is 0 Å². The van der Waals surface area contributed by atoms with Gasteiger partial charge in [-0.2, -0.15) is 0 Å². The molecule has 0 aromatic rings. The molecule has 18 heavy (non-hydrogen) atoms. The Balaban J connectivity index is 2.15. The second kappa shape index (κ2) is 6.88. The molecule has 0 saturated carbocycles. The minimum Gasteiger partial charge on any atom is -0.381 e. The monoisotopic (exact) mass is 257 g/mol. The number of hydrogen-bond donors (Lipinski definition) is 1. The lowest BCUT2D eigenvalue weighted by molar-refractivity contribution is -0.00253. The largest absolute Gasteiger partial charge is 0.381 e. The summed E-state index contributed by atoms with van der Waals surface area (Å²) in [5, 5.41) is 3.55. The molecule has 0 atom stereocenters. The molecule has 1 rings (SSSR count). The molecule has 1 aliphatic rings. The van der Waals surface area contributed by atoms with E-state index in [0.29, 0.717) is 5.92 Å². The normalized spacial score (nSPS) is 19.2. The Morgan fingerprint density at radius 3 is 2.28 bits per heavy atom. The Kier molecular flexibility index (Phi) is 6.09. The average Bonchev–Trinajstić information content (AvgIpc) is 2.27. The quantitative estimate of drug-likeness (QED) is 0.793. The third kappa shape index (κ3) is 7.34. The topological polar surface area (TPSA) is 30.5 Å². The van der Waals surface area contributed by atoms with E-state index in [1.165, 1.54) is 0 Å². The number of ether oxygens (including phenoxy) is 2. The van der Waals surface area contributed by atoms with E-state index in [4.69, 9.17) is 9.47 Å². The molecular weight excluding hydrogens is 226 g/mol. The molecule has 0 bridgehead atoms. The highest BCUT2D eigenvalue weighted by molar-refractivity contribution is 4.78. The van der Waals surface area contributed by atoms with Gasteiger partial charge < -0.3 is 14.8 Å². The highest BCUT2D eigenvalue weighted by Crippen LogP contribution is 2.19. The maximum atomic E-state index is 5.91. The van der Waals surface area contributed by atoms with Gasteiger partial charge in [-0.25, -0.2) is 0 Å². The van der Waals surface area contributed by atoms with Crippen molar-refractivity contribution in [2.24, 2.45) is 11.3 Å². The summed E-state index contributed by atoms with van der Waals surface area (Å²) in [4.78, 5) is 0. The molecule has 0 aromatic carbocycles. The molecule has 108 valence electrons. The summed E-state index contributed by atoms with van der Waals surface area (Å²) in [6.07, 6.45) is 2.31. The summed E-state index contributed by atoms with van der Waals surface area (Å²) in [7, 11) is 0. The lowest BCUT2D eigenvalue weighted by Crippen LogP contribution is -2.43. The molecule has 1 N–H and O–H groups in total. The molecule has 0 radical (unpaired) electrons. The SMILES string of the molecule is CC(C)(CNC(C)(C)C)COCC1CCOCC1. The van der Waals surface area contributed by atoms with Gasteiger partial charge in [-0.05, 0) is 39.5 Å². The fraction of sp³-hybridized carbons (Fsp3) is 1.00. The van der Waals surface area contributed by atoms with Crippen molar-refractivity contribution < 1.29 is 9.47 Å². The van der Waals surface area contributed by atoms with E-state index in [2.05, 4.69) is 39.9 Å². The predicted octanol–water partition coefficient (Wildman–Crippen LogP) is 2.84. The Labute approximate surface area is 113 Å². The van der Waals surface area contributed by atoms with Crippen LogP contribution in [0, 0.1) is 11.3 Å². The molecule has 3 heteroatoms. The maximum absolute atomic E-state index is 5.91. The summed E-state index contributed by atoms with van der Waals surface area (Å²) < 4.78 is 11.3. The molecule has 3 nitrogen and oxygen atoms in total. The van der Waals surface area contributed by atoms with E-state index in [9.17, 15) is 0 Å². The summed E-state index contributed by atoms with van der Waals surface area (Å²) in [6.45, 7) is 15.6. The van der Waals surface area contributed by atoms with Crippen LogP contribution in [0.1, 0.15) is 47.5 Å². The minimum absolute atomic E-state index is 0.179. The van der Waals surface area contributed by atoms with Gasteiger partial charge in [-0.15, -0.1) is 0 Å². The van der Waals surface area contributed by atoms with Gasteiger partial charge in [0.05, 0.1) is 6.61 Å². The van der Waals surface area contributed by atoms with Crippen LogP contribution in [-0.4, -0.2) is 38.5 Å². The highest BCUT2D eigenvalue weighted by Gasteiger charge is 2.22. The minimum atomic E-state index is 0.179. The second-order valence-corrected chi connectivity index (χ2v) is 7.34. The maximum Gasteiger partial charge on any atom is 0.0529 e. The van der Waals surface area contributed by atoms with Crippen molar-refractivity contribution in [3.63, 3.8) is 0 Å². The fourth-order valence-corrected chi connectivity index (χ4v) is 1.97. The summed E-state index contributed by atoms with van der Waals surface area (Å²) in [6, 6.07) is 0. The van der Waals surface area contributed by atoms with Crippen LogP contribution in [0.4, 0.5) is 0 Å². The third-order valence-corrected chi connectivity index (χ3v) is 3.28. The van der Waals surface area contributed by atoms with Gasteiger partial charge >= 0.3 is 0 Å². The zero-order valence-corrected chi connectivity index (χ0v) is 12.8. The van der Waals surface area contributed by atoms with Crippen molar-refractivity contribution in [1.29, 1.82) is 0 Å². The molecule has 0 unspecified atom stereocenters. The van der Waals surface area contributed by atoms with Crippen molar-refractivity contribution >= 4 is 0 Å². The van der Waals surface area contributed by atoms with Crippen molar-refractivity contribution in [3.8, 4) is 0 Å². The summed E-state index contributed by atoms with van der Waals surface area (Å²) in [5.41, 5.74) is 0.371. The van der Waals surface area contributed by atoms with Crippen molar-refractivity contribution in [1.82, 2.24) is 5.32 Å². The van der Waals surface area contributed by atoms with Crippen LogP contribution in [0.15, 0.2) is 0 Å². The smallest absolute Gasteiger partial charge is 0.0529 e. The van der Waals surface area contributed by atoms with Crippen LogP contribution in [0.5, 0.6) is 0 Å². The number of rotatable bonds is 6. The summed E-state index contributed by atoms with van der Waals surface area (Å²) in [5.74, 6) is 0.699. The summed E-state index contributed by atoms with van der Waals surface area (Å²) >= 11 is 0. The second-order valence-electron chi connectivity index (χ2n) is 7.34. The van der Waals surface area contributed by atoms with Crippen LogP contribution < -0.4 is 5.32 Å². The van der Waals surface area contributed by atoms with Gasteiger partial charge in [0, 0.05) is 37.3 Å². The molecule has 0 spiro atoms. The zero-order valence-electron chi connectivity index (χ0n) is 12.8.